The second-order valence-corrected chi connectivity index (χ2v) is 4.56. The van der Waals surface area contributed by atoms with Crippen molar-refractivity contribution < 1.29 is 4.52 Å². The van der Waals surface area contributed by atoms with Crippen molar-refractivity contribution in [3.63, 3.8) is 0 Å². The van der Waals surface area contributed by atoms with E-state index in [1.807, 2.05) is 0 Å². The van der Waals surface area contributed by atoms with Gasteiger partial charge < -0.3 is 10.3 Å². The van der Waals surface area contributed by atoms with E-state index in [0.29, 0.717) is 39.5 Å². The molecule has 2 heterocycles. The Bertz CT molecular complexity index is 771. The Hall–Kier alpha value is -2.47. The first-order valence-corrected chi connectivity index (χ1v) is 6.20. The van der Waals surface area contributed by atoms with E-state index in [2.05, 4.69) is 20.1 Å². The molecule has 0 unspecified atom stereocenters. The maximum atomic E-state index is 5.88. The lowest BCUT2D eigenvalue weighted by molar-refractivity contribution is 0.432. The molecule has 0 fully saturated rings. The Labute approximate surface area is 119 Å². The summed E-state index contributed by atoms with van der Waals surface area (Å²) in [4.78, 5) is 12.6. The van der Waals surface area contributed by atoms with E-state index in [4.69, 9.17) is 21.9 Å². The van der Waals surface area contributed by atoms with E-state index >= 15 is 0 Å². The second-order valence-electron chi connectivity index (χ2n) is 4.15. The number of aromatic nitrogens is 4. The molecule has 0 amide bonds. The van der Waals surface area contributed by atoms with E-state index in [9.17, 15) is 0 Å². The van der Waals surface area contributed by atoms with Crippen molar-refractivity contribution in [2.45, 2.75) is 6.92 Å². The maximum Gasteiger partial charge on any atom is 0.258 e. The van der Waals surface area contributed by atoms with Crippen molar-refractivity contribution in [2.75, 3.05) is 5.73 Å². The van der Waals surface area contributed by atoms with E-state index in [-0.39, 0.29) is 0 Å². The normalized spacial score (nSPS) is 10.7. The smallest absolute Gasteiger partial charge is 0.258 e. The summed E-state index contributed by atoms with van der Waals surface area (Å²) in [5, 5.41) is 4.39. The molecule has 0 saturated carbocycles. The average Bonchev–Trinajstić information content (AvgIpc) is 2.92. The van der Waals surface area contributed by atoms with Crippen LogP contribution in [-0.2, 0) is 0 Å². The molecule has 2 N–H and O–H groups in total. The third kappa shape index (κ3) is 2.33. The molecule has 1 aromatic carbocycles. The summed E-state index contributed by atoms with van der Waals surface area (Å²) in [6.07, 6.45) is 1.65. The van der Waals surface area contributed by atoms with Crippen molar-refractivity contribution in [3.8, 4) is 23.0 Å². The first kappa shape index (κ1) is 12.6. The first-order valence-electron chi connectivity index (χ1n) is 5.82. The molecule has 0 bridgehead atoms. The van der Waals surface area contributed by atoms with Gasteiger partial charge in [-0.25, -0.2) is 9.97 Å². The predicted octanol–water partition coefficient (Wildman–Crippen LogP) is 2.74. The molecule has 2 aromatic heterocycles. The lowest BCUT2D eigenvalue weighted by atomic mass is 10.2. The SMILES string of the molecule is Cc1nccc(-c2noc(-c3ccc(Cl)c(N)c3)n2)n1. The quantitative estimate of drug-likeness (QED) is 0.729. The number of nitrogen functional groups attached to an aromatic ring is 1. The number of halogens is 1. The summed E-state index contributed by atoms with van der Waals surface area (Å²) in [5.74, 6) is 1.41. The number of nitrogens with zero attached hydrogens (tertiary/aromatic N) is 4. The number of anilines is 1. The molecule has 0 aliphatic heterocycles. The minimum atomic E-state index is 0.361. The highest BCUT2D eigenvalue weighted by molar-refractivity contribution is 6.33. The molecule has 0 aliphatic rings. The molecule has 0 saturated heterocycles. The van der Waals surface area contributed by atoms with Crippen LogP contribution in [-0.4, -0.2) is 20.1 Å². The van der Waals surface area contributed by atoms with Crippen LogP contribution in [0, 0.1) is 6.92 Å². The molecule has 100 valence electrons. The standard InChI is InChI=1S/C13H10ClN5O/c1-7-16-5-4-11(17-7)12-18-13(20-19-12)8-2-3-9(14)10(15)6-8/h2-6H,15H2,1H3. The van der Waals surface area contributed by atoms with E-state index in [0.717, 1.165) is 0 Å². The van der Waals surface area contributed by atoms with Crippen molar-refractivity contribution in [1.29, 1.82) is 0 Å². The molecule has 0 atom stereocenters. The lowest BCUT2D eigenvalue weighted by Gasteiger charge is -1.98. The van der Waals surface area contributed by atoms with Crippen LogP contribution in [0.2, 0.25) is 5.02 Å². The Morgan fingerprint density at radius 3 is 2.80 bits per heavy atom. The highest BCUT2D eigenvalue weighted by atomic mass is 35.5. The third-order valence-electron chi connectivity index (χ3n) is 2.67. The van der Waals surface area contributed by atoms with Gasteiger partial charge in [0.2, 0.25) is 5.82 Å². The van der Waals surface area contributed by atoms with Gasteiger partial charge in [0.05, 0.1) is 10.7 Å². The topological polar surface area (TPSA) is 90.7 Å². The van der Waals surface area contributed by atoms with Crippen LogP contribution in [0.3, 0.4) is 0 Å². The molecule has 0 radical (unpaired) electrons. The van der Waals surface area contributed by atoms with Gasteiger partial charge in [-0.1, -0.05) is 16.8 Å². The Morgan fingerprint density at radius 1 is 1.20 bits per heavy atom. The van der Waals surface area contributed by atoms with Crippen molar-refractivity contribution in [3.05, 3.63) is 41.3 Å². The summed E-state index contributed by atoms with van der Waals surface area (Å²) in [7, 11) is 0. The van der Waals surface area contributed by atoms with E-state index in [1.54, 1.807) is 37.4 Å². The van der Waals surface area contributed by atoms with Crippen LogP contribution in [0.5, 0.6) is 0 Å². The largest absolute Gasteiger partial charge is 0.398 e. The van der Waals surface area contributed by atoms with Crippen LogP contribution in [0.25, 0.3) is 23.0 Å². The fraction of sp³-hybridized carbons (Fsp3) is 0.0769. The van der Waals surface area contributed by atoms with Gasteiger partial charge in [0.1, 0.15) is 11.5 Å². The van der Waals surface area contributed by atoms with Crippen LogP contribution in [0.1, 0.15) is 5.82 Å². The number of benzene rings is 1. The summed E-state index contributed by atoms with van der Waals surface area (Å²) in [6, 6.07) is 6.86. The molecule has 0 spiro atoms. The molecule has 3 rings (SSSR count). The minimum absolute atomic E-state index is 0.361. The van der Waals surface area contributed by atoms with Crippen molar-refractivity contribution in [2.24, 2.45) is 0 Å². The fourth-order valence-corrected chi connectivity index (χ4v) is 1.82. The van der Waals surface area contributed by atoms with Crippen LogP contribution in [0.4, 0.5) is 5.69 Å². The fourth-order valence-electron chi connectivity index (χ4n) is 1.70. The Balaban J connectivity index is 1.99. The van der Waals surface area contributed by atoms with Gasteiger partial charge in [0.25, 0.3) is 5.89 Å². The summed E-state index contributed by atoms with van der Waals surface area (Å²) in [5.41, 5.74) is 7.52. The number of aryl methyl sites for hydroxylation is 1. The van der Waals surface area contributed by atoms with Gasteiger partial charge in [-0.3, -0.25) is 0 Å². The third-order valence-corrected chi connectivity index (χ3v) is 3.02. The molecular formula is C13H10ClN5O. The van der Waals surface area contributed by atoms with Gasteiger partial charge in [-0.15, -0.1) is 0 Å². The number of rotatable bonds is 2. The zero-order valence-electron chi connectivity index (χ0n) is 10.5. The Morgan fingerprint density at radius 2 is 2.05 bits per heavy atom. The van der Waals surface area contributed by atoms with Gasteiger partial charge in [-0.2, -0.15) is 4.98 Å². The summed E-state index contributed by atoms with van der Waals surface area (Å²) < 4.78 is 5.22. The van der Waals surface area contributed by atoms with Gasteiger partial charge in [0.15, 0.2) is 0 Å². The molecule has 0 aliphatic carbocycles. The maximum absolute atomic E-state index is 5.88. The second kappa shape index (κ2) is 4.90. The first-order chi connectivity index (χ1) is 9.63. The summed E-state index contributed by atoms with van der Waals surface area (Å²) in [6.45, 7) is 1.80. The van der Waals surface area contributed by atoms with Gasteiger partial charge in [-0.05, 0) is 31.2 Å². The Kier molecular flexibility index (Phi) is 3.08. The molecule has 20 heavy (non-hydrogen) atoms. The number of nitrogens with two attached hydrogens (primary N) is 1. The van der Waals surface area contributed by atoms with Gasteiger partial charge >= 0.3 is 0 Å². The number of hydrogen-bond donors (Lipinski definition) is 1. The number of hydrogen-bond acceptors (Lipinski definition) is 6. The molecule has 3 aromatic rings. The van der Waals surface area contributed by atoms with Crippen LogP contribution < -0.4 is 5.73 Å². The van der Waals surface area contributed by atoms with Crippen molar-refractivity contribution in [1.82, 2.24) is 20.1 Å². The highest BCUT2D eigenvalue weighted by Crippen LogP contribution is 2.26. The molecular weight excluding hydrogens is 278 g/mol. The molecule has 7 heteroatoms. The summed E-state index contributed by atoms with van der Waals surface area (Å²) >= 11 is 5.88. The predicted molar refractivity (Wildman–Crippen MR) is 74.9 cm³/mol. The van der Waals surface area contributed by atoms with Crippen LogP contribution >= 0.6 is 11.6 Å². The zero-order chi connectivity index (χ0) is 14.1. The van der Waals surface area contributed by atoms with Crippen molar-refractivity contribution >= 4 is 17.3 Å². The molecule has 6 nitrogen and oxygen atoms in total. The highest BCUT2D eigenvalue weighted by Gasteiger charge is 2.12. The van der Waals surface area contributed by atoms with Crippen LogP contribution in [0.15, 0.2) is 35.0 Å². The average molecular weight is 288 g/mol. The monoisotopic (exact) mass is 287 g/mol. The van der Waals surface area contributed by atoms with Gasteiger partial charge in [0, 0.05) is 11.8 Å². The zero-order valence-corrected chi connectivity index (χ0v) is 11.3. The minimum Gasteiger partial charge on any atom is -0.398 e. The lowest BCUT2D eigenvalue weighted by Crippen LogP contribution is -1.91. The van der Waals surface area contributed by atoms with E-state index < -0.39 is 0 Å². The van der Waals surface area contributed by atoms with E-state index in [1.165, 1.54) is 0 Å².